The summed E-state index contributed by atoms with van der Waals surface area (Å²) >= 11 is 6.03. The van der Waals surface area contributed by atoms with Crippen molar-refractivity contribution in [3.63, 3.8) is 0 Å². The summed E-state index contributed by atoms with van der Waals surface area (Å²) in [5, 5.41) is 13.2. The zero-order valence-corrected chi connectivity index (χ0v) is 15.5. The molecule has 1 aromatic carbocycles. The SMILES string of the molecule is Cc1ccc(NC(=O)N(C)CC(O)COCCOC(C)C)cc1Cl. The van der Waals surface area contributed by atoms with Gasteiger partial charge in [-0.3, -0.25) is 0 Å². The lowest BCUT2D eigenvalue weighted by Crippen LogP contribution is -2.39. The first-order chi connectivity index (χ1) is 11.3. The molecule has 0 aromatic heterocycles. The van der Waals surface area contributed by atoms with Crippen LogP contribution in [0.5, 0.6) is 0 Å². The molecule has 0 spiro atoms. The van der Waals surface area contributed by atoms with Crippen molar-refractivity contribution < 1.29 is 19.4 Å². The molecule has 0 aliphatic carbocycles. The number of hydrogen-bond acceptors (Lipinski definition) is 4. The Morgan fingerprint density at radius 1 is 1.38 bits per heavy atom. The van der Waals surface area contributed by atoms with Crippen molar-refractivity contribution in [2.24, 2.45) is 0 Å². The minimum atomic E-state index is -0.763. The normalized spacial score (nSPS) is 12.3. The van der Waals surface area contributed by atoms with Crippen molar-refractivity contribution in [2.45, 2.75) is 33.0 Å². The Kier molecular flexibility index (Phi) is 9.07. The molecule has 1 rings (SSSR count). The van der Waals surface area contributed by atoms with E-state index < -0.39 is 6.10 Å². The molecule has 0 aliphatic heterocycles. The minimum absolute atomic E-state index is 0.148. The Labute approximate surface area is 148 Å². The molecule has 0 heterocycles. The van der Waals surface area contributed by atoms with E-state index in [1.165, 1.54) is 4.90 Å². The third-order valence-corrected chi connectivity index (χ3v) is 3.65. The van der Waals surface area contributed by atoms with E-state index in [-0.39, 0.29) is 25.3 Å². The number of urea groups is 1. The van der Waals surface area contributed by atoms with Gasteiger partial charge in [0.15, 0.2) is 0 Å². The van der Waals surface area contributed by atoms with Crippen LogP contribution in [0, 0.1) is 6.92 Å². The average molecular weight is 359 g/mol. The van der Waals surface area contributed by atoms with Gasteiger partial charge in [0.05, 0.1) is 38.6 Å². The van der Waals surface area contributed by atoms with Gasteiger partial charge in [0.1, 0.15) is 0 Å². The van der Waals surface area contributed by atoms with Gasteiger partial charge in [0.25, 0.3) is 0 Å². The highest BCUT2D eigenvalue weighted by Crippen LogP contribution is 2.20. The van der Waals surface area contributed by atoms with Crippen LogP contribution in [-0.2, 0) is 9.47 Å². The summed E-state index contributed by atoms with van der Waals surface area (Å²) in [6.45, 7) is 6.99. The second-order valence-corrected chi connectivity index (χ2v) is 6.33. The predicted octanol–water partition coefficient (Wildman–Crippen LogP) is 2.91. The summed E-state index contributed by atoms with van der Waals surface area (Å²) in [4.78, 5) is 13.5. The van der Waals surface area contributed by atoms with E-state index in [9.17, 15) is 9.90 Å². The first-order valence-electron chi connectivity index (χ1n) is 7.95. The highest BCUT2D eigenvalue weighted by atomic mass is 35.5. The van der Waals surface area contributed by atoms with E-state index in [1.807, 2.05) is 26.8 Å². The molecule has 0 bridgehead atoms. The molecule has 0 fully saturated rings. The number of benzene rings is 1. The molecule has 1 aromatic rings. The number of hydrogen-bond donors (Lipinski definition) is 2. The molecule has 24 heavy (non-hydrogen) atoms. The number of amides is 2. The van der Waals surface area contributed by atoms with Crippen LogP contribution in [0.15, 0.2) is 18.2 Å². The predicted molar refractivity (Wildman–Crippen MR) is 95.8 cm³/mol. The van der Waals surface area contributed by atoms with Crippen molar-refractivity contribution in [1.29, 1.82) is 0 Å². The van der Waals surface area contributed by atoms with Crippen molar-refractivity contribution >= 4 is 23.3 Å². The van der Waals surface area contributed by atoms with Crippen LogP contribution in [0.3, 0.4) is 0 Å². The summed E-state index contributed by atoms with van der Waals surface area (Å²) in [7, 11) is 1.61. The number of aliphatic hydroxyl groups excluding tert-OH is 1. The number of likely N-dealkylation sites (N-methyl/N-ethyl adjacent to an activating group) is 1. The van der Waals surface area contributed by atoms with Gasteiger partial charge in [-0.05, 0) is 38.5 Å². The lowest BCUT2D eigenvalue weighted by molar-refractivity contribution is -0.0144. The standard InChI is InChI=1S/C17H27ClN2O4/c1-12(2)24-8-7-23-11-15(21)10-20(4)17(22)19-14-6-5-13(3)16(18)9-14/h5-6,9,12,15,21H,7-8,10-11H2,1-4H3,(H,19,22). The molecule has 2 amide bonds. The van der Waals surface area contributed by atoms with Crippen LogP contribution >= 0.6 is 11.6 Å². The molecule has 0 saturated carbocycles. The van der Waals surface area contributed by atoms with E-state index in [4.69, 9.17) is 21.1 Å². The second kappa shape index (κ2) is 10.5. The number of anilines is 1. The molecular formula is C17H27ClN2O4. The smallest absolute Gasteiger partial charge is 0.321 e. The van der Waals surface area contributed by atoms with Crippen LogP contribution in [0.2, 0.25) is 5.02 Å². The van der Waals surface area contributed by atoms with Gasteiger partial charge < -0.3 is 24.8 Å². The summed E-state index contributed by atoms with van der Waals surface area (Å²) in [5.74, 6) is 0. The number of carbonyl (C=O) groups is 1. The molecule has 1 unspecified atom stereocenters. The van der Waals surface area contributed by atoms with Crippen LogP contribution < -0.4 is 5.32 Å². The Morgan fingerprint density at radius 2 is 2.08 bits per heavy atom. The number of aliphatic hydroxyl groups is 1. The fraction of sp³-hybridized carbons (Fsp3) is 0.588. The lowest BCUT2D eigenvalue weighted by atomic mass is 10.2. The summed E-state index contributed by atoms with van der Waals surface area (Å²) in [5.41, 5.74) is 1.55. The van der Waals surface area contributed by atoms with Gasteiger partial charge >= 0.3 is 6.03 Å². The number of rotatable bonds is 9. The largest absolute Gasteiger partial charge is 0.389 e. The zero-order valence-electron chi connectivity index (χ0n) is 14.7. The number of carbonyl (C=O) groups excluding carboxylic acids is 1. The summed E-state index contributed by atoms with van der Waals surface area (Å²) < 4.78 is 10.7. The maximum atomic E-state index is 12.1. The monoisotopic (exact) mass is 358 g/mol. The summed E-state index contributed by atoms with van der Waals surface area (Å²) in [6.07, 6.45) is -0.606. The Hall–Kier alpha value is -1.34. The van der Waals surface area contributed by atoms with Crippen LogP contribution in [0.1, 0.15) is 19.4 Å². The highest BCUT2D eigenvalue weighted by molar-refractivity contribution is 6.31. The third kappa shape index (κ3) is 7.97. The van der Waals surface area contributed by atoms with Crippen molar-refractivity contribution in [3.05, 3.63) is 28.8 Å². The molecule has 0 radical (unpaired) electrons. The number of aryl methyl sites for hydroxylation is 1. The van der Waals surface area contributed by atoms with E-state index >= 15 is 0 Å². The Morgan fingerprint density at radius 3 is 2.71 bits per heavy atom. The number of nitrogens with one attached hydrogen (secondary N) is 1. The fourth-order valence-electron chi connectivity index (χ4n) is 1.90. The maximum absolute atomic E-state index is 12.1. The quantitative estimate of drug-likeness (QED) is 0.666. The van der Waals surface area contributed by atoms with Gasteiger partial charge in [0.2, 0.25) is 0 Å². The lowest BCUT2D eigenvalue weighted by Gasteiger charge is -2.21. The molecule has 1 atom stereocenters. The Bertz CT molecular complexity index is 525. The zero-order chi connectivity index (χ0) is 18.1. The van der Waals surface area contributed by atoms with Gasteiger partial charge in [-0.15, -0.1) is 0 Å². The Balaban J connectivity index is 2.31. The van der Waals surface area contributed by atoms with Crippen LogP contribution in [0.25, 0.3) is 0 Å². The van der Waals surface area contributed by atoms with Gasteiger partial charge in [-0.2, -0.15) is 0 Å². The first-order valence-corrected chi connectivity index (χ1v) is 8.33. The van der Waals surface area contributed by atoms with Gasteiger partial charge in [-0.1, -0.05) is 17.7 Å². The number of halogens is 1. The van der Waals surface area contributed by atoms with E-state index in [0.717, 1.165) is 5.56 Å². The minimum Gasteiger partial charge on any atom is -0.389 e. The van der Waals surface area contributed by atoms with Crippen LogP contribution in [0.4, 0.5) is 10.5 Å². The molecule has 0 aliphatic rings. The van der Waals surface area contributed by atoms with Gasteiger partial charge in [-0.25, -0.2) is 4.79 Å². The van der Waals surface area contributed by atoms with E-state index in [1.54, 1.807) is 19.2 Å². The van der Waals surface area contributed by atoms with Gasteiger partial charge in [0, 0.05) is 17.8 Å². The highest BCUT2D eigenvalue weighted by Gasteiger charge is 2.14. The van der Waals surface area contributed by atoms with E-state index in [2.05, 4.69) is 5.32 Å². The topological polar surface area (TPSA) is 71.0 Å². The first kappa shape index (κ1) is 20.7. The summed E-state index contributed by atoms with van der Waals surface area (Å²) in [6, 6.07) is 4.98. The molecular weight excluding hydrogens is 332 g/mol. The van der Waals surface area contributed by atoms with Crippen LogP contribution in [-0.4, -0.2) is 61.7 Å². The number of nitrogens with zero attached hydrogens (tertiary/aromatic N) is 1. The average Bonchev–Trinajstić information content (AvgIpc) is 2.50. The van der Waals surface area contributed by atoms with Crippen molar-refractivity contribution in [2.75, 3.05) is 38.7 Å². The fourth-order valence-corrected chi connectivity index (χ4v) is 2.08. The molecule has 7 heteroatoms. The molecule has 2 N–H and O–H groups in total. The van der Waals surface area contributed by atoms with E-state index in [0.29, 0.717) is 23.9 Å². The van der Waals surface area contributed by atoms with Crippen molar-refractivity contribution in [3.8, 4) is 0 Å². The molecule has 6 nitrogen and oxygen atoms in total. The third-order valence-electron chi connectivity index (χ3n) is 3.24. The number of ether oxygens (including phenoxy) is 2. The molecule has 0 saturated heterocycles. The second-order valence-electron chi connectivity index (χ2n) is 5.92. The van der Waals surface area contributed by atoms with Crippen molar-refractivity contribution in [1.82, 2.24) is 4.90 Å². The maximum Gasteiger partial charge on any atom is 0.321 e. The molecule has 136 valence electrons.